The lowest BCUT2D eigenvalue weighted by molar-refractivity contribution is -0.116. The zero-order valence-corrected chi connectivity index (χ0v) is 15.6. The first kappa shape index (κ1) is 17.1. The van der Waals surface area contributed by atoms with Crippen LogP contribution in [-0.4, -0.2) is 24.9 Å². The lowest BCUT2D eigenvalue weighted by Crippen LogP contribution is -2.31. The van der Waals surface area contributed by atoms with Crippen LogP contribution in [0.3, 0.4) is 0 Å². The molecule has 0 atom stereocenters. The Morgan fingerprint density at radius 1 is 0.885 bits per heavy atom. The average Bonchev–Trinajstić information content (AvgIpc) is 2.94. The number of hydrogen-bond donors (Lipinski definition) is 0. The molecule has 0 spiro atoms. The number of hydrogen-bond acceptors (Lipinski definition) is 2. The second-order valence-electron chi connectivity index (χ2n) is 6.95. The molecule has 2 aliphatic rings. The van der Waals surface area contributed by atoms with Crippen molar-refractivity contribution in [2.24, 2.45) is 0 Å². The Labute approximate surface area is 158 Å². The van der Waals surface area contributed by atoms with E-state index in [1.165, 1.54) is 0 Å². The van der Waals surface area contributed by atoms with Crippen LogP contribution in [0.1, 0.15) is 41.3 Å². The van der Waals surface area contributed by atoms with Gasteiger partial charge in [0.15, 0.2) is 0 Å². The van der Waals surface area contributed by atoms with Crippen LogP contribution in [0.5, 0.6) is 0 Å². The highest BCUT2D eigenvalue weighted by Gasteiger charge is 2.26. The molecule has 0 unspecified atom stereocenters. The van der Waals surface area contributed by atoms with Crippen LogP contribution in [0.2, 0.25) is 5.02 Å². The van der Waals surface area contributed by atoms with E-state index in [1.54, 1.807) is 11.8 Å². The smallest absolute Gasteiger partial charge is 0.258 e. The molecule has 0 radical (unpaired) electrons. The summed E-state index contributed by atoms with van der Waals surface area (Å²) < 4.78 is 0. The van der Waals surface area contributed by atoms with Crippen molar-refractivity contribution in [3.05, 3.63) is 58.1 Å². The van der Waals surface area contributed by atoms with E-state index in [-0.39, 0.29) is 11.8 Å². The van der Waals surface area contributed by atoms with Gasteiger partial charge < -0.3 is 9.80 Å². The van der Waals surface area contributed by atoms with Crippen molar-refractivity contribution >= 4 is 34.8 Å². The normalized spacial score (nSPS) is 16.1. The number of nitrogens with zero attached hydrogens (tertiary/aromatic N) is 2. The molecule has 5 heteroatoms. The van der Waals surface area contributed by atoms with E-state index < -0.39 is 0 Å². The van der Waals surface area contributed by atoms with Crippen molar-refractivity contribution in [1.29, 1.82) is 0 Å². The van der Waals surface area contributed by atoms with Gasteiger partial charge in [0.1, 0.15) is 0 Å². The molecule has 4 nitrogen and oxygen atoms in total. The molecule has 0 saturated carbocycles. The summed E-state index contributed by atoms with van der Waals surface area (Å²) >= 11 is 6.14. The summed E-state index contributed by atoms with van der Waals surface area (Å²) in [6.45, 7) is 2.98. The first-order chi connectivity index (χ1) is 12.5. The van der Waals surface area contributed by atoms with Crippen molar-refractivity contribution in [2.75, 3.05) is 22.9 Å². The van der Waals surface area contributed by atoms with Crippen molar-refractivity contribution in [3.63, 3.8) is 0 Å². The number of carbonyl (C=O) groups is 2. The molecule has 0 N–H and O–H groups in total. The van der Waals surface area contributed by atoms with E-state index in [2.05, 4.69) is 0 Å². The van der Waals surface area contributed by atoms with Gasteiger partial charge in [0.2, 0.25) is 5.91 Å². The Hall–Kier alpha value is -2.33. The van der Waals surface area contributed by atoms with Gasteiger partial charge in [0, 0.05) is 42.0 Å². The van der Waals surface area contributed by atoms with Gasteiger partial charge >= 0.3 is 0 Å². The van der Waals surface area contributed by atoms with E-state index in [0.29, 0.717) is 23.7 Å². The van der Waals surface area contributed by atoms with Crippen molar-refractivity contribution in [2.45, 2.75) is 32.6 Å². The van der Waals surface area contributed by atoms with Gasteiger partial charge in [-0.15, -0.1) is 0 Å². The topological polar surface area (TPSA) is 40.6 Å². The lowest BCUT2D eigenvalue weighted by atomic mass is 10.1. The van der Waals surface area contributed by atoms with Crippen LogP contribution in [-0.2, 0) is 17.6 Å². The maximum atomic E-state index is 13.2. The fourth-order valence-electron chi connectivity index (χ4n) is 3.95. The van der Waals surface area contributed by atoms with Crippen molar-refractivity contribution in [3.8, 4) is 0 Å². The molecule has 2 aromatic rings. The van der Waals surface area contributed by atoms with Crippen LogP contribution in [0, 0.1) is 0 Å². The molecule has 0 aliphatic carbocycles. The average molecular weight is 369 g/mol. The largest absolute Gasteiger partial charge is 0.312 e. The number of fused-ring (bicyclic) bond motifs is 2. The highest BCUT2D eigenvalue weighted by Crippen LogP contribution is 2.32. The summed E-state index contributed by atoms with van der Waals surface area (Å²) in [6.07, 6.45) is 3.76. The maximum Gasteiger partial charge on any atom is 0.258 e. The van der Waals surface area contributed by atoms with Gasteiger partial charge in [0.05, 0.1) is 0 Å². The van der Waals surface area contributed by atoms with Gasteiger partial charge in [-0.2, -0.15) is 0 Å². The van der Waals surface area contributed by atoms with Gasteiger partial charge in [-0.25, -0.2) is 0 Å². The highest BCUT2D eigenvalue weighted by molar-refractivity contribution is 6.30. The number of anilines is 2. The quantitative estimate of drug-likeness (QED) is 0.755. The minimum absolute atomic E-state index is 0.0135. The predicted molar refractivity (Wildman–Crippen MR) is 104 cm³/mol. The van der Waals surface area contributed by atoms with E-state index in [1.807, 2.05) is 41.3 Å². The minimum atomic E-state index is 0.0135. The predicted octanol–water partition coefficient (Wildman–Crippen LogP) is 4.23. The van der Waals surface area contributed by atoms with E-state index in [0.717, 1.165) is 48.2 Å². The molecule has 0 aromatic heterocycles. The molecular formula is C21H21ClN2O2. The number of aryl methyl sites for hydroxylation is 1. The summed E-state index contributed by atoms with van der Waals surface area (Å²) in [5.41, 5.74) is 4.77. The molecule has 0 bridgehead atoms. The molecule has 134 valence electrons. The maximum absolute atomic E-state index is 13.2. The molecule has 2 aliphatic heterocycles. The van der Waals surface area contributed by atoms with Crippen LogP contribution < -0.4 is 9.80 Å². The summed E-state index contributed by atoms with van der Waals surface area (Å²) in [5.74, 6) is 0.0562. The van der Waals surface area contributed by atoms with Gasteiger partial charge in [-0.1, -0.05) is 11.6 Å². The molecule has 2 heterocycles. The van der Waals surface area contributed by atoms with Gasteiger partial charge in [-0.05, 0) is 73.2 Å². The molecule has 4 rings (SSSR count). The fraction of sp³-hybridized carbons (Fsp3) is 0.333. The third kappa shape index (κ3) is 2.99. The molecule has 2 aromatic carbocycles. The van der Waals surface area contributed by atoms with E-state index in [4.69, 9.17) is 11.6 Å². The Morgan fingerprint density at radius 3 is 2.42 bits per heavy atom. The molecule has 0 saturated heterocycles. The fourth-order valence-corrected chi connectivity index (χ4v) is 4.15. The van der Waals surface area contributed by atoms with E-state index in [9.17, 15) is 9.59 Å². The zero-order chi connectivity index (χ0) is 18.3. The van der Waals surface area contributed by atoms with Crippen LogP contribution >= 0.6 is 11.6 Å². The minimum Gasteiger partial charge on any atom is -0.312 e. The summed E-state index contributed by atoms with van der Waals surface area (Å²) in [7, 11) is 0. The van der Waals surface area contributed by atoms with Crippen molar-refractivity contribution in [1.82, 2.24) is 0 Å². The first-order valence-electron chi connectivity index (χ1n) is 9.06. The summed E-state index contributed by atoms with van der Waals surface area (Å²) in [5, 5.41) is 0.708. The molecular weight excluding hydrogens is 348 g/mol. The number of amides is 2. The Bertz CT molecular complexity index is 894. The van der Waals surface area contributed by atoms with Gasteiger partial charge in [0.25, 0.3) is 5.91 Å². The zero-order valence-electron chi connectivity index (χ0n) is 14.8. The lowest BCUT2D eigenvalue weighted by Gasteiger charge is -2.23. The summed E-state index contributed by atoms with van der Waals surface area (Å²) in [4.78, 5) is 28.6. The Balaban J connectivity index is 1.68. The standard InChI is InChI=1S/C21H21ClN2O2/c1-14(25)23-11-9-16-12-17(5-7-19(16)23)21(26)24-10-3-2-4-15-13-18(22)6-8-20(15)24/h5-8,12-13H,2-4,9-11H2,1H3. The van der Waals surface area contributed by atoms with Crippen LogP contribution in [0.15, 0.2) is 36.4 Å². The number of halogens is 1. The molecule has 26 heavy (non-hydrogen) atoms. The van der Waals surface area contributed by atoms with Gasteiger partial charge in [-0.3, -0.25) is 9.59 Å². The molecule has 0 fully saturated rings. The monoisotopic (exact) mass is 368 g/mol. The van der Waals surface area contributed by atoms with Crippen molar-refractivity contribution < 1.29 is 9.59 Å². The van der Waals surface area contributed by atoms with E-state index >= 15 is 0 Å². The number of carbonyl (C=O) groups excluding carboxylic acids is 2. The summed E-state index contributed by atoms with van der Waals surface area (Å²) in [6, 6.07) is 11.4. The van der Waals surface area contributed by atoms with Crippen LogP contribution in [0.4, 0.5) is 11.4 Å². The Morgan fingerprint density at radius 2 is 1.62 bits per heavy atom. The molecule has 2 amide bonds. The Kier molecular flexibility index (Phi) is 4.45. The number of benzene rings is 2. The highest BCUT2D eigenvalue weighted by atomic mass is 35.5. The van der Waals surface area contributed by atoms with Crippen LogP contribution in [0.25, 0.3) is 0 Å². The second kappa shape index (κ2) is 6.76. The SMILES string of the molecule is CC(=O)N1CCc2cc(C(=O)N3CCCCc4cc(Cl)ccc43)ccc21. The third-order valence-corrected chi connectivity index (χ3v) is 5.49. The number of rotatable bonds is 1. The third-order valence-electron chi connectivity index (χ3n) is 5.26. The first-order valence-corrected chi connectivity index (χ1v) is 9.44. The second-order valence-corrected chi connectivity index (χ2v) is 7.39.